The van der Waals surface area contributed by atoms with Crippen LogP contribution >= 0.6 is 0 Å². The molecular weight excluding hydrogens is 620 g/mol. The number of aromatic nitrogens is 2. The molecule has 4 nitrogen and oxygen atoms in total. The number of amides is 1. The van der Waals surface area contributed by atoms with Gasteiger partial charge in [0.25, 0.3) is 0 Å². The number of carbonyl (C=O) groups excluding carboxylic acids is 1. The second-order valence-electron chi connectivity index (χ2n) is 11.4. The summed E-state index contributed by atoms with van der Waals surface area (Å²) in [4.78, 5) is 10.5. The van der Waals surface area contributed by atoms with Crippen LogP contribution in [0.25, 0.3) is 11.4 Å². The van der Waals surface area contributed by atoms with E-state index in [0.29, 0.717) is 23.7 Å². The first-order valence-electron chi connectivity index (χ1n) is 14.2. The zero-order chi connectivity index (χ0) is 29.6. The van der Waals surface area contributed by atoms with E-state index in [1.807, 2.05) is 12.1 Å². The Kier molecular flexibility index (Phi) is 13.0. The van der Waals surface area contributed by atoms with Crippen LogP contribution in [0.15, 0.2) is 73.1 Å². The molecule has 224 valence electrons. The minimum atomic E-state index is -0.0672. The summed E-state index contributed by atoms with van der Waals surface area (Å²) in [5, 5.41) is 2.61. The predicted octanol–water partition coefficient (Wildman–Crippen LogP) is 6.29. The molecule has 41 heavy (non-hydrogen) atoms. The smallest absolute Gasteiger partial charge is 1.00 e. The van der Waals surface area contributed by atoms with Crippen molar-refractivity contribution in [3.8, 4) is 11.4 Å². The number of hydrogen-bond acceptors (Lipinski definition) is 1. The van der Waals surface area contributed by atoms with Gasteiger partial charge in [0, 0.05) is 6.92 Å². The quantitative estimate of drug-likeness (QED) is 0.183. The summed E-state index contributed by atoms with van der Waals surface area (Å²) < 4.78 is 5.78. The van der Waals surface area contributed by atoms with Gasteiger partial charge in [-0.25, -0.2) is 0 Å². The molecule has 4 aromatic rings. The third kappa shape index (κ3) is 8.42. The fraction of sp³-hybridized carbons (Fsp3) is 0.371. The molecule has 0 spiro atoms. The van der Waals surface area contributed by atoms with E-state index in [4.69, 9.17) is 0 Å². The molecule has 3 aromatic carbocycles. The van der Waals surface area contributed by atoms with Gasteiger partial charge in [-0.3, -0.25) is 4.79 Å². The maximum atomic E-state index is 10.5. The Morgan fingerprint density at radius 1 is 0.683 bits per heavy atom. The Morgan fingerprint density at radius 3 is 1.37 bits per heavy atom. The van der Waals surface area contributed by atoms with Crippen LogP contribution in [0.5, 0.6) is 0 Å². The van der Waals surface area contributed by atoms with Crippen LogP contribution in [0.3, 0.4) is 0 Å². The predicted molar refractivity (Wildman–Crippen MR) is 164 cm³/mol. The molecule has 0 aliphatic rings. The van der Waals surface area contributed by atoms with E-state index in [1.165, 1.54) is 40.6 Å². The first kappa shape index (κ1) is 34.5. The SMILES string of the molecule is CC(=O)Nc1[c-]cccc1.CC(C)c1cccc(C(C)C)c1-n1ccn(-c2c(C(C)C)cccc2C(C)C)[c]1=[Pd].[Cl-]. The maximum Gasteiger partial charge on any atom is -1.00 e. The normalized spacial score (nSPS) is 11.0. The number of imidazole rings is 1. The first-order chi connectivity index (χ1) is 18.9. The summed E-state index contributed by atoms with van der Waals surface area (Å²) in [6.07, 6.45) is 4.43. The topological polar surface area (TPSA) is 39.0 Å². The number of para-hydroxylation sites is 3. The van der Waals surface area contributed by atoms with Crippen molar-refractivity contribution < 1.29 is 35.9 Å². The molecule has 4 rings (SSSR count). The molecule has 1 N–H and O–H groups in total. The fourth-order valence-electron chi connectivity index (χ4n) is 4.92. The molecule has 0 fully saturated rings. The van der Waals surface area contributed by atoms with Crippen molar-refractivity contribution in [3.63, 3.8) is 0 Å². The molecule has 1 amide bonds. The van der Waals surface area contributed by atoms with Gasteiger partial charge in [0.1, 0.15) is 0 Å². The van der Waals surface area contributed by atoms with Gasteiger partial charge in [0.15, 0.2) is 0 Å². The molecule has 0 aliphatic heterocycles. The minimum Gasteiger partial charge on any atom is -1.00 e. The average molecular weight is 665 g/mol. The number of halogens is 1. The molecule has 0 saturated heterocycles. The molecule has 0 saturated carbocycles. The maximum absolute atomic E-state index is 10.5. The third-order valence-corrected chi connectivity index (χ3v) is 7.67. The average Bonchev–Trinajstić information content (AvgIpc) is 3.28. The van der Waals surface area contributed by atoms with Gasteiger partial charge in [0.2, 0.25) is 5.91 Å². The Bertz CT molecular complexity index is 1350. The van der Waals surface area contributed by atoms with Gasteiger partial charge < -0.3 is 17.7 Å². The van der Waals surface area contributed by atoms with Crippen molar-refractivity contribution in [1.82, 2.24) is 9.13 Å². The standard InChI is InChI=1S/C27H36N2.C8H8NO.ClH.Pd/c1-18(2)22-11-9-12-23(19(3)4)26(22)28-15-16-29(17-28)27-24(20(5)6)13-10-14-25(27)21(7)8;1-7(10)9-8-5-3-2-4-6-8;;/h9-16,18-21H,1-8H3;2-5H,1H3,(H,9,10);1H;/q;-1;;/p-1. The summed E-state index contributed by atoms with van der Waals surface area (Å²) in [6, 6.07) is 23.6. The summed E-state index contributed by atoms with van der Waals surface area (Å²) >= 11 is 3.64. The van der Waals surface area contributed by atoms with E-state index in [2.05, 4.69) is 143 Å². The second-order valence-corrected chi connectivity index (χ2v) is 12.1. The Labute approximate surface area is 263 Å². The van der Waals surface area contributed by atoms with Gasteiger partial charge >= 0.3 is 193 Å². The largest absolute Gasteiger partial charge is 1.00 e. The molecule has 0 aliphatic carbocycles. The van der Waals surface area contributed by atoms with E-state index in [1.54, 1.807) is 12.1 Å². The van der Waals surface area contributed by atoms with Gasteiger partial charge in [-0.15, -0.1) is 6.07 Å². The second kappa shape index (κ2) is 15.5. The van der Waals surface area contributed by atoms with Crippen molar-refractivity contribution in [1.29, 1.82) is 0 Å². The van der Waals surface area contributed by atoms with Crippen LogP contribution in [0, 0.1) is 9.96 Å². The fourth-order valence-corrected chi connectivity index (χ4v) is 5.50. The van der Waals surface area contributed by atoms with E-state index in [9.17, 15) is 4.79 Å². The van der Waals surface area contributed by atoms with E-state index in [0.717, 1.165) is 9.58 Å². The van der Waals surface area contributed by atoms with E-state index in [-0.39, 0.29) is 18.3 Å². The molecule has 1 aromatic heterocycles. The number of nitrogens with one attached hydrogen (secondary N) is 1. The van der Waals surface area contributed by atoms with Crippen LogP contribution in [-0.2, 0) is 23.5 Å². The number of carbonyl (C=O) groups is 1. The molecule has 0 unspecified atom stereocenters. The van der Waals surface area contributed by atoms with Crippen LogP contribution in [-0.4, -0.2) is 15.0 Å². The molecule has 6 heteroatoms. The monoisotopic (exact) mass is 663 g/mol. The third-order valence-electron chi connectivity index (χ3n) is 6.92. The zero-order valence-electron chi connectivity index (χ0n) is 25.7. The summed E-state index contributed by atoms with van der Waals surface area (Å²) in [5.41, 5.74) is 8.90. The number of anilines is 1. The molecule has 0 atom stereocenters. The number of rotatable bonds is 7. The summed E-state index contributed by atoms with van der Waals surface area (Å²) in [6.45, 7) is 19.7. The van der Waals surface area contributed by atoms with Crippen LogP contribution < -0.4 is 17.7 Å². The van der Waals surface area contributed by atoms with Crippen molar-refractivity contribution in [3.05, 3.63) is 105 Å². The molecule has 1 heterocycles. The van der Waals surface area contributed by atoms with Crippen molar-refractivity contribution in [2.45, 2.75) is 86.0 Å². The molecule has 0 radical (unpaired) electrons. The Morgan fingerprint density at radius 2 is 1.07 bits per heavy atom. The van der Waals surface area contributed by atoms with Crippen LogP contribution in [0.1, 0.15) is 108 Å². The van der Waals surface area contributed by atoms with Gasteiger partial charge in [-0.05, 0) is 0 Å². The van der Waals surface area contributed by atoms with Gasteiger partial charge in [-0.1, -0.05) is 5.69 Å². The van der Waals surface area contributed by atoms with Crippen molar-refractivity contribution in [2.75, 3.05) is 5.32 Å². The van der Waals surface area contributed by atoms with Crippen molar-refractivity contribution >= 4 is 11.6 Å². The number of nitrogens with zero attached hydrogens (tertiary/aromatic N) is 2. The Balaban J connectivity index is 0.000000452. The van der Waals surface area contributed by atoms with Gasteiger partial charge in [0.05, 0.1) is 0 Å². The van der Waals surface area contributed by atoms with Gasteiger partial charge in [-0.2, -0.15) is 24.3 Å². The molecular formula is C35H44ClN3OPd-2. The summed E-state index contributed by atoms with van der Waals surface area (Å²) in [7, 11) is 0. The van der Waals surface area contributed by atoms with Crippen LogP contribution in [0.2, 0.25) is 0 Å². The van der Waals surface area contributed by atoms with E-state index >= 15 is 0 Å². The number of hydrogen-bond donors (Lipinski definition) is 1. The number of benzene rings is 3. The molecule has 0 bridgehead atoms. The minimum absolute atomic E-state index is 0. The Hall–Kier alpha value is -2.71. The van der Waals surface area contributed by atoms with Crippen molar-refractivity contribution in [2.24, 2.45) is 0 Å². The van der Waals surface area contributed by atoms with Crippen LogP contribution in [0.4, 0.5) is 5.69 Å². The summed E-state index contributed by atoms with van der Waals surface area (Å²) in [5.74, 6) is 1.77. The van der Waals surface area contributed by atoms with E-state index < -0.39 is 0 Å². The first-order valence-corrected chi connectivity index (χ1v) is 15.0. The zero-order valence-corrected chi connectivity index (χ0v) is 28.0.